The fraction of sp³-hybridized carbons (Fsp3) is 0.304. The second-order valence-corrected chi connectivity index (χ2v) is 7.13. The van der Waals surface area contributed by atoms with Gasteiger partial charge in [0.25, 0.3) is 5.91 Å². The van der Waals surface area contributed by atoms with Crippen LogP contribution in [0.4, 0.5) is 0 Å². The quantitative estimate of drug-likeness (QED) is 0.469. The Morgan fingerprint density at radius 2 is 1.74 bits per heavy atom. The zero-order chi connectivity index (χ0) is 19.1. The van der Waals surface area contributed by atoms with Crippen LogP contribution in [0.1, 0.15) is 49.4 Å². The van der Waals surface area contributed by atoms with Crippen LogP contribution in [0.2, 0.25) is 5.02 Å². The third-order valence-electron chi connectivity index (χ3n) is 4.68. The standard InChI is InChI=1S/C23H25ClN2O/c1-2-3-4-5-10-15-25-23(27)19-16-22(18-12-6-8-13-20(18)24)26-21-14-9-7-11-17(19)21/h6-9,11-14,16H,2-5,10,15H2,1H3,(H,25,27). The lowest BCUT2D eigenvalue weighted by Crippen LogP contribution is -2.24. The lowest BCUT2D eigenvalue weighted by Gasteiger charge is -2.11. The van der Waals surface area contributed by atoms with Crippen molar-refractivity contribution in [3.63, 3.8) is 0 Å². The lowest BCUT2D eigenvalue weighted by molar-refractivity contribution is 0.0954. The molecule has 140 valence electrons. The number of rotatable bonds is 8. The van der Waals surface area contributed by atoms with E-state index in [0.29, 0.717) is 22.8 Å². The first kappa shape index (κ1) is 19.4. The Morgan fingerprint density at radius 1 is 1.00 bits per heavy atom. The highest BCUT2D eigenvalue weighted by molar-refractivity contribution is 6.33. The Kier molecular flexibility index (Phi) is 6.83. The molecule has 0 atom stereocenters. The van der Waals surface area contributed by atoms with E-state index in [-0.39, 0.29) is 5.91 Å². The summed E-state index contributed by atoms with van der Waals surface area (Å²) in [6.07, 6.45) is 5.85. The number of halogens is 1. The van der Waals surface area contributed by atoms with E-state index < -0.39 is 0 Å². The van der Waals surface area contributed by atoms with Crippen LogP contribution in [-0.2, 0) is 0 Å². The molecule has 1 aromatic heterocycles. The molecule has 0 unspecified atom stereocenters. The second-order valence-electron chi connectivity index (χ2n) is 6.72. The highest BCUT2D eigenvalue weighted by atomic mass is 35.5. The number of carbonyl (C=O) groups excluding carboxylic acids is 1. The summed E-state index contributed by atoms with van der Waals surface area (Å²) in [4.78, 5) is 17.6. The van der Waals surface area contributed by atoms with E-state index >= 15 is 0 Å². The second kappa shape index (κ2) is 9.52. The predicted octanol–water partition coefficient (Wildman–Crippen LogP) is 6.26. The van der Waals surface area contributed by atoms with E-state index in [4.69, 9.17) is 16.6 Å². The molecule has 1 heterocycles. The molecule has 0 radical (unpaired) electrons. The number of benzene rings is 2. The van der Waals surface area contributed by atoms with Gasteiger partial charge in [0.2, 0.25) is 0 Å². The maximum atomic E-state index is 12.8. The average molecular weight is 381 g/mol. The first-order valence-electron chi connectivity index (χ1n) is 9.63. The van der Waals surface area contributed by atoms with E-state index in [1.807, 2.05) is 54.6 Å². The van der Waals surface area contributed by atoms with Crippen LogP contribution in [0.5, 0.6) is 0 Å². The molecular formula is C23H25ClN2O. The number of pyridine rings is 1. The van der Waals surface area contributed by atoms with Crippen molar-refractivity contribution in [3.05, 3.63) is 65.2 Å². The van der Waals surface area contributed by atoms with Gasteiger partial charge in [-0.05, 0) is 24.6 Å². The minimum Gasteiger partial charge on any atom is -0.352 e. The van der Waals surface area contributed by atoms with E-state index in [2.05, 4.69) is 12.2 Å². The molecule has 2 aromatic carbocycles. The molecule has 0 aliphatic heterocycles. The van der Waals surface area contributed by atoms with Gasteiger partial charge in [-0.25, -0.2) is 4.98 Å². The van der Waals surface area contributed by atoms with Gasteiger partial charge in [0, 0.05) is 22.5 Å². The van der Waals surface area contributed by atoms with Crippen LogP contribution in [0.3, 0.4) is 0 Å². The maximum Gasteiger partial charge on any atom is 0.252 e. The van der Waals surface area contributed by atoms with Crippen molar-refractivity contribution in [3.8, 4) is 11.3 Å². The largest absolute Gasteiger partial charge is 0.352 e. The molecule has 1 amide bonds. The highest BCUT2D eigenvalue weighted by Crippen LogP contribution is 2.29. The fourth-order valence-electron chi connectivity index (χ4n) is 3.20. The number of fused-ring (bicyclic) bond motifs is 1. The fourth-order valence-corrected chi connectivity index (χ4v) is 3.43. The van der Waals surface area contributed by atoms with Crippen LogP contribution in [0.25, 0.3) is 22.2 Å². The third kappa shape index (κ3) is 4.86. The van der Waals surface area contributed by atoms with Gasteiger partial charge in [-0.3, -0.25) is 4.79 Å². The van der Waals surface area contributed by atoms with Gasteiger partial charge in [0.05, 0.1) is 16.8 Å². The summed E-state index contributed by atoms with van der Waals surface area (Å²) in [7, 11) is 0. The molecule has 0 spiro atoms. The number of carbonyl (C=O) groups is 1. The molecule has 3 aromatic rings. The Bertz CT molecular complexity index is 923. The van der Waals surface area contributed by atoms with Gasteiger partial charge >= 0.3 is 0 Å². The van der Waals surface area contributed by atoms with Gasteiger partial charge in [-0.2, -0.15) is 0 Å². The van der Waals surface area contributed by atoms with Crippen molar-refractivity contribution in [1.29, 1.82) is 0 Å². The van der Waals surface area contributed by atoms with Gasteiger partial charge in [-0.15, -0.1) is 0 Å². The van der Waals surface area contributed by atoms with Crippen LogP contribution in [0, 0.1) is 0 Å². The van der Waals surface area contributed by atoms with Crippen molar-refractivity contribution in [2.24, 2.45) is 0 Å². The van der Waals surface area contributed by atoms with E-state index in [9.17, 15) is 4.79 Å². The number of hydrogen-bond acceptors (Lipinski definition) is 2. The van der Waals surface area contributed by atoms with Crippen LogP contribution in [-0.4, -0.2) is 17.4 Å². The van der Waals surface area contributed by atoms with Crippen molar-refractivity contribution in [2.75, 3.05) is 6.54 Å². The Hall–Kier alpha value is -2.39. The summed E-state index contributed by atoms with van der Waals surface area (Å²) in [5.41, 5.74) is 2.98. The van der Waals surface area contributed by atoms with Crippen LogP contribution < -0.4 is 5.32 Å². The summed E-state index contributed by atoms with van der Waals surface area (Å²) in [5, 5.41) is 4.55. The number of hydrogen-bond donors (Lipinski definition) is 1. The predicted molar refractivity (Wildman–Crippen MR) is 113 cm³/mol. The van der Waals surface area contributed by atoms with Crippen molar-refractivity contribution < 1.29 is 4.79 Å². The molecule has 3 rings (SSSR count). The number of amides is 1. The molecular weight excluding hydrogens is 356 g/mol. The summed E-state index contributed by atoms with van der Waals surface area (Å²) >= 11 is 6.35. The first-order chi connectivity index (χ1) is 13.2. The van der Waals surface area contributed by atoms with Crippen molar-refractivity contribution in [2.45, 2.75) is 39.0 Å². The normalized spacial score (nSPS) is 10.9. The Labute approximate surface area is 165 Å². The van der Waals surface area contributed by atoms with E-state index in [1.54, 1.807) is 0 Å². The van der Waals surface area contributed by atoms with Crippen molar-refractivity contribution in [1.82, 2.24) is 10.3 Å². The summed E-state index contributed by atoms with van der Waals surface area (Å²) in [6, 6.07) is 17.1. The van der Waals surface area contributed by atoms with E-state index in [0.717, 1.165) is 29.3 Å². The van der Waals surface area contributed by atoms with Gasteiger partial charge in [-0.1, -0.05) is 80.6 Å². The summed E-state index contributed by atoms with van der Waals surface area (Å²) < 4.78 is 0. The zero-order valence-corrected chi connectivity index (χ0v) is 16.4. The smallest absolute Gasteiger partial charge is 0.252 e. The molecule has 0 aliphatic rings. The SMILES string of the molecule is CCCCCCCNC(=O)c1cc(-c2ccccc2Cl)nc2ccccc12. The van der Waals surface area contributed by atoms with Gasteiger partial charge < -0.3 is 5.32 Å². The minimum absolute atomic E-state index is 0.0580. The number of para-hydroxylation sites is 1. The molecule has 0 aliphatic carbocycles. The number of aromatic nitrogens is 1. The third-order valence-corrected chi connectivity index (χ3v) is 5.01. The van der Waals surface area contributed by atoms with Crippen LogP contribution in [0.15, 0.2) is 54.6 Å². The molecule has 0 saturated heterocycles. The number of nitrogens with one attached hydrogen (secondary N) is 1. The highest BCUT2D eigenvalue weighted by Gasteiger charge is 2.14. The minimum atomic E-state index is -0.0580. The Balaban J connectivity index is 1.85. The molecule has 0 bridgehead atoms. The number of nitrogens with zero attached hydrogens (tertiary/aromatic N) is 1. The zero-order valence-electron chi connectivity index (χ0n) is 15.7. The molecule has 3 nitrogen and oxygen atoms in total. The Morgan fingerprint density at radius 3 is 2.56 bits per heavy atom. The van der Waals surface area contributed by atoms with Crippen molar-refractivity contribution >= 4 is 28.4 Å². The van der Waals surface area contributed by atoms with Gasteiger partial charge in [0.15, 0.2) is 0 Å². The van der Waals surface area contributed by atoms with Gasteiger partial charge in [0.1, 0.15) is 0 Å². The average Bonchev–Trinajstić information content (AvgIpc) is 2.70. The molecule has 0 fully saturated rings. The van der Waals surface area contributed by atoms with Crippen LogP contribution >= 0.6 is 11.6 Å². The number of unbranched alkanes of at least 4 members (excludes halogenated alkanes) is 4. The monoisotopic (exact) mass is 380 g/mol. The molecule has 27 heavy (non-hydrogen) atoms. The first-order valence-corrected chi connectivity index (χ1v) is 10.0. The molecule has 0 saturated carbocycles. The summed E-state index contributed by atoms with van der Waals surface area (Å²) in [5.74, 6) is -0.0580. The lowest BCUT2D eigenvalue weighted by atomic mass is 10.0. The molecule has 1 N–H and O–H groups in total. The summed E-state index contributed by atoms with van der Waals surface area (Å²) in [6.45, 7) is 2.90. The maximum absolute atomic E-state index is 12.8. The topological polar surface area (TPSA) is 42.0 Å². The molecule has 4 heteroatoms. The van der Waals surface area contributed by atoms with E-state index in [1.165, 1.54) is 19.3 Å².